The predicted octanol–water partition coefficient (Wildman–Crippen LogP) is 1.39. The average molecular weight is 376 g/mol. The number of carbonyl (C=O) groups is 4. The van der Waals surface area contributed by atoms with Gasteiger partial charge in [-0.15, -0.1) is 0 Å². The van der Waals surface area contributed by atoms with Crippen molar-refractivity contribution in [2.45, 2.75) is 26.2 Å². The van der Waals surface area contributed by atoms with Crippen molar-refractivity contribution in [2.75, 3.05) is 33.4 Å². The summed E-state index contributed by atoms with van der Waals surface area (Å²) in [5.41, 5.74) is 0.595. The minimum atomic E-state index is -0.725. The van der Waals surface area contributed by atoms with Crippen LogP contribution < -0.4 is 5.32 Å². The first kappa shape index (κ1) is 20.6. The van der Waals surface area contributed by atoms with E-state index in [0.717, 1.165) is 12.8 Å². The minimum absolute atomic E-state index is 0.124. The topological polar surface area (TPSA) is 102 Å². The van der Waals surface area contributed by atoms with Crippen molar-refractivity contribution in [1.29, 1.82) is 0 Å². The largest absolute Gasteiger partial charge is 0.452 e. The molecule has 8 nitrogen and oxygen atoms in total. The molecule has 0 aromatic heterocycles. The lowest BCUT2D eigenvalue weighted by atomic mass is 10.1. The Kier molecular flexibility index (Phi) is 7.48. The lowest BCUT2D eigenvalue weighted by Crippen LogP contribution is -2.30. The standard InChI is InChI=1S/C19H24N2O6/c1-3-4-9-21-17(23)14-7-6-13(11-15(14)18(21)24)19(25)27-12-16(22)20-8-5-10-26-2/h6-7,11H,3-5,8-10,12H2,1-2H3,(H,20,22). The van der Waals surface area contributed by atoms with Gasteiger partial charge in [-0.05, 0) is 31.0 Å². The summed E-state index contributed by atoms with van der Waals surface area (Å²) in [4.78, 5) is 49.6. The highest BCUT2D eigenvalue weighted by atomic mass is 16.5. The predicted molar refractivity (Wildman–Crippen MR) is 96.5 cm³/mol. The van der Waals surface area contributed by atoms with Crippen molar-refractivity contribution in [3.05, 3.63) is 34.9 Å². The van der Waals surface area contributed by atoms with Gasteiger partial charge in [0.25, 0.3) is 17.7 Å². The minimum Gasteiger partial charge on any atom is -0.452 e. The quantitative estimate of drug-likeness (QED) is 0.376. The van der Waals surface area contributed by atoms with Gasteiger partial charge in [-0.3, -0.25) is 19.3 Å². The first-order chi connectivity index (χ1) is 13.0. The number of nitrogens with zero attached hydrogens (tertiary/aromatic N) is 1. The summed E-state index contributed by atoms with van der Waals surface area (Å²) in [6, 6.07) is 4.22. The molecule has 146 valence electrons. The van der Waals surface area contributed by atoms with E-state index in [-0.39, 0.29) is 22.6 Å². The molecule has 27 heavy (non-hydrogen) atoms. The molecule has 2 rings (SSSR count). The van der Waals surface area contributed by atoms with E-state index in [2.05, 4.69) is 5.32 Å². The monoisotopic (exact) mass is 376 g/mol. The van der Waals surface area contributed by atoms with Crippen LogP contribution in [0.3, 0.4) is 0 Å². The number of fused-ring (bicyclic) bond motifs is 1. The molecule has 1 aliphatic heterocycles. The highest BCUT2D eigenvalue weighted by Gasteiger charge is 2.35. The van der Waals surface area contributed by atoms with E-state index in [9.17, 15) is 19.2 Å². The van der Waals surface area contributed by atoms with Crippen LogP contribution in [0.1, 0.15) is 57.3 Å². The number of unbranched alkanes of at least 4 members (excludes halogenated alkanes) is 1. The normalized spacial score (nSPS) is 12.9. The Labute approximate surface area is 157 Å². The molecule has 0 spiro atoms. The summed E-state index contributed by atoms with van der Waals surface area (Å²) in [6.45, 7) is 2.86. The van der Waals surface area contributed by atoms with Crippen LogP contribution in [0.2, 0.25) is 0 Å². The molecule has 1 heterocycles. The van der Waals surface area contributed by atoms with Gasteiger partial charge in [0, 0.05) is 26.8 Å². The molecular weight excluding hydrogens is 352 g/mol. The van der Waals surface area contributed by atoms with Crippen LogP contribution in [0.15, 0.2) is 18.2 Å². The van der Waals surface area contributed by atoms with Crippen LogP contribution in [-0.4, -0.2) is 62.0 Å². The molecule has 1 aliphatic rings. The van der Waals surface area contributed by atoms with Gasteiger partial charge in [-0.25, -0.2) is 4.79 Å². The number of rotatable bonds is 10. The van der Waals surface area contributed by atoms with Gasteiger partial charge >= 0.3 is 5.97 Å². The first-order valence-electron chi connectivity index (χ1n) is 8.92. The number of amides is 3. The van der Waals surface area contributed by atoms with Crippen molar-refractivity contribution in [3.8, 4) is 0 Å². The maximum atomic E-state index is 12.4. The fraction of sp³-hybridized carbons (Fsp3) is 0.474. The molecule has 3 amide bonds. The van der Waals surface area contributed by atoms with E-state index in [1.165, 1.54) is 23.1 Å². The zero-order valence-corrected chi connectivity index (χ0v) is 15.6. The zero-order valence-electron chi connectivity index (χ0n) is 15.6. The van der Waals surface area contributed by atoms with Gasteiger partial charge in [-0.2, -0.15) is 0 Å². The fourth-order valence-corrected chi connectivity index (χ4v) is 2.65. The van der Waals surface area contributed by atoms with Gasteiger partial charge in [0.15, 0.2) is 6.61 Å². The molecule has 0 bridgehead atoms. The zero-order chi connectivity index (χ0) is 19.8. The Balaban J connectivity index is 1.94. The van der Waals surface area contributed by atoms with Gasteiger partial charge in [0.2, 0.25) is 0 Å². The fourth-order valence-electron chi connectivity index (χ4n) is 2.65. The Morgan fingerprint density at radius 1 is 1.11 bits per heavy atom. The maximum Gasteiger partial charge on any atom is 0.338 e. The summed E-state index contributed by atoms with van der Waals surface area (Å²) < 4.78 is 9.84. The van der Waals surface area contributed by atoms with E-state index in [1.54, 1.807) is 7.11 Å². The second-order valence-corrected chi connectivity index (χ2v) is 6.15. The van der Waals surface area contributed by atoms with E-state index < -0.39 is 24.4 Å². The Morgan fingerprint density at radius 2 is 1.85 bits per heavy atom. The molecule has 0 radical (unpaired) electrons. The third kappa shape index (κ3) is 5.13. The number of esters is 1. The summed E-state index contributed by atoms with van der Waals surface area (Å²) in [5, 5.41) is 2.60. The third-order valence-electron chi connectivity index (χ3n) is 4.12. The second kappa shape index (κ2) is 9.82. The molecule has 1 aromatic rings. The van der Waals surface area contributed by atoms with E-state index >= 15 is 0 Å². The number of hydrogen-bond donors (Lipinski definition) is 1. The summed E-state index contributed by atoms with van der Waals surface area (Å²) in [6.07, 6.45) is 2.24. The van der Waals surface area contributed by atoms with Crippen molar-refractivity contribution >= 4 is 23.7 Å². The van der Waals surface area contributed by atoms with Crippen LogP contribution in [0.5, 0.6) is 0 Å². The van der Waals surface area contributed by atoms with E-state index in [1.807, 2.05) is 6.92 Å². The smallest absolute Gasteiger partial charge is 0.338 e. The number of benzene rings is 1. The van der Waals surface area contributed by atoms with Crippen LogP contribution >= 0.6 is 0 Å². The molecule has 0 atom stereocenters. The number of nitrogens with one attached hydrogen (secondary N) is 1. The van der Waals surface area contributed by atoms with Crippen molar-refractivity contribution in [2.24, 2.45) is 0 Å². The molecule has 1 aromatic carbocycles. The highest BCUT2D eigenvalue weighted by Crippen LogP contribution is 2.24. The lowest BCUT2D eigenvalue weighted by Gasteiger charge is -2.12. The molecule has 8 heteroatoms. The Morgan fingerprint density at radius 3 is 2.56 bits per heavy atom. The van der Waals surface area contributed by atoms with Crippen molar-refractivity contribution in [3.63, 3.8) is 0 Å². The van der Waals surface area contributed by atoms with Crippen LogP contribution in [0, 0.1) is 0 Å². The lowest BCUT2D eigenvalue weighted by molar-refractivity contribution is -0.124. The number of methoxy groups -OCH3 is 1. The number of imide groups is 1. The third-order valence-corrected chi connectivity index (χ3v) is 4.12. The number of ether oxygens (including phenoxy) is 2. The molecule has 0 saturated carbocycles. The van der Waals surface area contributed by atoms with Gasteiger partial charge in [0.05, 0.1) is 16.7 Å². The molecular formula is C19H24N2O6. The maximum absolute atomic E-state index is 12.4. The summed E-state index contributed by atoms with van der Waals surface area (Å²) in [5.74, 6) is -1.90. The molecule has 0 aliphatic carbocycles. The number of hydrogen-bond acceptors (Lipinski definition) is 6. The van der Waals surface area contributed by atoms with Gasteiger partial charge in [0.1, 0.15) is 0 Å². The summed E-state index contributed by atoms with van der Waals surface area (Å²) in [7, 11) is 1.57. The average Bonchev–Trinajstić information content (AvgIpc) is 2.91. The van der Waals surface area contributed by atoms with E-state index in [0.29, 0.717) is 26.1 Å². The van der Waals surface area contributed by atoms with Gasteiger partial charge < -0.3 is 14.8 Å². The van der Waals surface area contributed by atoms with Crippen molar-refractivity contribution in [1.82, 2.24) is 10.2 Å². The Bertz CT molecular complexity index is 731. The second-order valence-electron chi connectivity index (χ2n) is 6.15. The SMILES string of the molecule is CCCCN1C(=O)c2ccc(C(=O)OCC(=O)NCCCOC)cc2C1=O. The van der Waals surface area contributed by atoms with Crippen molar-refractivity contribution < 1.29 is 28.7 Å². The highest BCUT2D eigenvalue weighted by molar-refractivity contribution is 6.21. The number of carbonyl (C=O) groups excluding carboxylic acids is 4. The molecule has 1 N–H and O–H groups in total. The molecule has 0 saturated heterocycles. The Hall–Kier alpha value is -2.74. The molecule has 0 fully saturated rings. The van der Waals surface area contributed by atoms with Crippen LogP contribution in [-0.2, 0) is 14.3 Å². The summed E-state index contributed by atoms with van der Waals surface area (Å²) >= 11 is 0. The van der Waals surface area contributed by atoms with Crippen LogP contribution in [0.25, 0.3) is 0 Å². The van der Waals surface area contributed by atoms with Crippen LogP contribution in [0.4, 0.5) is 0 Å². The first-order valence-corrected chi connectivity index (χ1v) is 8.92. The molecule has 0 unspecified atom stereocenters. The van der Waals surface area contributed by atoms with E-state index in [4.69, 9.17) is 9.47 Å². The van der Waals surface area contributed by atoms with Gasteiger partial charge in [-0.1, -0.05) is 13.3 Å².